The maximum absolute atomic E-state index is 12.2. The van der Waals surface area contributed by atoms with Crippen LogP contribution in [-0.2, 0) is 16.0 Å². The highest BCUT2D eigenvalue weighted by Gasteiger charge is 2.22. The van der Waals surface area contributed by atoms with Crippen LogP contribution < -0.4 is 14.8 Å². The van der Waals surface area contributed by atoms with Gasteiger partial charge in [0.15, 0.2) is 18.1 Å². The number of methoxy groups -OCH3 is 2. The molecule has 142 valence electrons. The third kappa shape index (κ3) is 4.39. The summed E-state index contributed by atoms with van der Waals surface area (Å²) in [4.78, 5) is 24.5. The molecule has 27 heavy (non-hydrogen) atoms. The normalized spacial score (nSPS) is 15.4. The summed E-state index contributed by atoms with van der Waals surface area (Å²) in [5.41, 5.74) is 2.70. The summed E-state index contributed by atoms with van der Waals surface area (Å²) in [6.45, 7) is -0.328. The van der Waals surface area contributed by atoms with E-state index in [1.807, 2.05) is 18.2 Å². The Kier molecular flexibility index (Phi) is 5.96. The zero-order chi connectivity index (χ0) is 19.2. The van der Waals surface area contributed by atoms with Crippen molar-refractivity contribution in [3.8, 4) is 11.5 Å². The number of nitrogens with one attached hydrogen (secondary N) is 1. The fourth-order valence-electron chi connectivity index (χ4n) is 3.32. The van der Waals surface area contributed by atoms with E-state index in [-0.39, 0.29) is 18.6 Å². The average Bonchev–Trinajstić information content (AvgIpc) is 2.71. The smallest absolute Gasteiger partial charge is 0.338 e. The topological polar surface area (TPSA) is 73.9 Å². The lowest BCUT2D eigenvalue weighted by Crippen LogP contribution is -2.34. The van der Waals surface area contributed by atoms with Gasteiger partial charge in [0.1, 0.15) is 0 Å². The summed E-state index contributed by atoms with van der Waals surface area (Å²) >= 11 is 0. The molecule has 0 radical (unpaired) electrons. The van der Waals surface area contributed by atoms with Gasteiger partial charge in [-0.3, -0.25) is 4.79 Å². The Labute approximate surface area is 158 Å². The van der Waals surface area contributed by atoms with Crippen LogP contribution in [0.1, 0.15) is 40.4 Å². The summed E-state index contributed by atoms with van der Waals surface area (Å²) in [5, 5.41) is 2.96. The Balaban J connectivity index is 1.57. The Morgan fingerprint density at radius 3 is 2.63 bits per heavy atom. The van der Waals surface area contributed by atoms with Crippen molar-refractivity contribution in [2.75, 3.05) is 20.8 Å². The zero-order valence-electron chi connectivity index (χ0n) is 15.5. The first kappa shape index (κ1) is 18.8. The Morgan fingerprint density at radius 1 is 1.07 bits per heavy atom. The van der Waals surface area contributed by atoms with Crippen LogP contribution in [0.2, 0.25) is 0 Å². The summed E-state index contributed by atoms with van der Waals surface area (Å²) in [7, 11) is 3.01. The number of ether oxygens (including phenoxy) is 3. The summed E-state index contributed by atoms with van der Waals surface area (Å²) < 4.78 is 15.5. The first-order valence-electron chi connectivity index (χ1n) is 8.88. The molecule has 0 saturated carbocycles. The number of carbonyl (C=O) groups excluding carboxylic acids is 2. The van der Waals surface area contributed by atoms with Crippen molar-refractivity contribution in [1.29, 1.82) is 0 Å². The molecule has 0 fully saturated rings. The van der Waals surface area contributed by atoms with Crippen molar-refractivity contribution in [3.63, 3.8) is 0 Å². The number of esters is 1. The number of fused-ring (bicyclic) bond motifs is 1. The quantitative estimate of drug-likeness (QED) is 0.792. The van der Waals surface area contributed by atoms with Crippen LogP contribution >= 0.6 is 0 Å². The summed E-state index contributed by atoms with van der Waals surface area (Å²) in [6, 6.07) is 12.8. The highest BCUT2D eigenvalue weighted by atomic mass is 16.5. The second-order valence-electron chi connectivity index (χ2n) is 6.36. The Morgan fingerprint density at radius 2 is 1.85 bits per heavy atom. The standard InChI is InChI=1S/C21H23NO5/c1-25-18-11-10-15(12-19(18)26-2)21(24)27-13-20(23)22-17-9-5-7-14-6-3-4-8-16(14)17/h3-4,6,8,10-12,17H,5,7,9,13H2,1-2H3,(H,22,23)/t17-/m1/s1. The molecule has 1 aliphatic carbocycles. The lowest BCUT2D eigenvalue weighted by molar-refractivity contribution is -0.125. The molecule has 0 aromatic heterocycles. The molecule has 1 aliphatic rings. The molecule has 1 amide bonds. The van der Waals surface area contributed by atoms with E-state index in [2.05, 4.69) is 11.4 Å². The van der Waals surface area contributed by atoms with Crippen LogP contribution in [0.5, 0.6) is 11.5 Å². The van der Waals surface area contributed by atoms with Gasteiger partial charge in [-0.05, 0) is 48.6 Å². The number of hydrogen-bond acceptors (Lipinski definition) is 5. The molecule has 2 aromatic rings. The minimum absolute atomic E-state index is 0.0396. The molecule has 0 saturated heterocycles. The van der Waals surface area contributed by atoms with Crippen LogP contribution in [0.3, 0.4) is 0 Å². The van der Waals surface area contributed by atoms with Crippen LogP contribution in [-0.4, -0.2) is 32.7 Å². The van der Waals surface area contributed by atoms with E-state index in [1.54, 1.807) is 12.1 Å². The molecular formula is C21H23NO5. The molecule has 0 bridgehead atoms. The number of rotatable bonds is 6. The maximum atomic E-state index is 12.2. The number of aryl methyl sites for hydroxylation is 1. The van der Waals surface area contributed by atoms with E-state index in [1.165, 1.54) is 25.8 Å². The summed E-state index contributed by atoms with van der Waals surface area (Å²) in [5.74, 6) is 0.0404. The minimum atomic E-state index is -0.588. The van der Waals surface area contributed by atoms with E-state index in [9.17, 15) is 9.59 Å². The molecule has 0 aliphatic heterocycles. The Hall–Kier alpha value is -3.02. The van der Waals surface area contributed by atoms with Gasteiger partial charge in [-0.25, -0.2) is 4.79 Å². The van der Waals surface area contributed by atoms with E-state index < -0.39 is 5.97 Å². The van der Waals surface area contributed by atoms with Gasteiger partial charge in [-0.1, -0.05) is 24.3 Å². The molecule has 2 aromatic carbocycles. The number of hydrogen-bond donors (Lipinski definition) is 1. The number of carbonyl (C=O) groups is 2. The average molecular weight is 369 g/mol. The van der Waals surface area contributed by atoms with Gasteiger partial charge in [0, 0.05) is 0 Å². The van der Waals surface area contributed by atoms with Gasteiger partial charge in [0.05, 0.1) is 25.8 Å². The SMILES string of the molecule is COc1ccc(C(=O)OCC(=O)N[C@@H]2CCCc3ccccc32)cc1OC. The molecule has 0 heterocycles. The van der Waals surface area contributed by atoms with Crippen molar-refractivity contribution in [1.82, 2.24) is 5.32 Å². The van der Waals surface area contributed by atoms with Crippen molar-refractivity contribution < 1.29 is 23.8 Å². The van der Waals surface area contributed by atoms with Crippen molar-refractivity contribution in [2.24, 2.45) is 0 Å². The van der Waals surface area contributed by atoms with Gasteiger partial charge < -0.3 is 19.5 Å². The molecule has 1 N–H and O–H groups in total. The third-order valence-corrected chi connectivity index (χ3v) is 4.66. The van der Waals surface area contributed by atoms with E-state index in [4.69, 9.17) is 14.2 Å². The molecule has 6 nitrogen and oxygen atoms in total. The van der Waals surface area contributed by atoms with E-state index >= 15 is 0 Å². The van der Waals surface area contributed by atoms with Crippen LogP contribution in [0.15, 0.2) is 42.5 Å². The number of benzene rings is 2. The van der Waals surface area contributed by atoms with Crippen LogP contribution in [0.25, 0.3) is 0 Å². The molecule has 0 unspecified atom stereocenters. The second kappa shape index (κ2) is 8.58. The highest BCUT2D eigenvalue weighted by molar-refractivity contribution is 5.92. The van der Waals surface area contributed by atoms with Crippen molar-refractivity contribution in [3.05, 3.63) is 59.2 Å². The zero-order valence-corrected chi connectivity index (χ0v) is 15.5. The molecule has 0 spiro atoms. The maximum Gasteiger partial charge on any atom is 0.338 e. The molecule has 3 rings (SSSR count). The van der Waals surface area contributed by atoms with Gasteiger partial charge in [-0.2, -0.15) is 0 Å². The predicted molar refractivity (Wildman–Crippen MR) is 100 cm³/mol. The van der Waals surface area contributed by atoms with Gasteiger partial charge in [-0.15, -0.1) is 0 Å². The van der Waals surface area contributed by atoms with Gasteiger partial charge in [0.25, 0.3) is 5.91 Å². The first-order chi connectivity index (χ1) is 13.1. The lowest BCUT2D eigenvalue weighted by Gasteiger charge is -2.26. The van der Waals surface area contributed by atoms with Crippen LogP contribution in [0.4, 0.5) is 0 Å². The third-order valence-electron chi connectivity index (χ3n) is 4.66. The first-order valence-corrected chi connectivity index (χ1v) is 8.88. The van der Waals surface area contributed by atoms with E-state index in [0.29, 0.717) is 17.1 Å². The predicted octanol–water partition coefficient (Wildman–Crippen LogP) is 3.05. The van der Waals surface area contributed by atoms with Gasteiger partial charge >= 0.3 is 5.97 Å². The molecule has 1 atom stereocenters. The van der Waals surface area contributed by atoms with Crippen molar-refractivity contribution >= 4 is 11.9 Å². The van der Waals surface area contributed by atoms with Crippen LogP contribution in [0, 0.1) is 0 Å². The van der Waals surface area contributed by atoms with E-state index in [0.717, 1.165) is 24.8 Å². The van der Waals surface area contributed by atoms with Crippen molar-refractivity contribution in [2.45, 2.75) is 25.3 Å². The Bertz CT molecular complexity index is 833. The molecule has 6 heteroatoms. The largest absolute Gasteiger partial charge is 0.493 e. The summed E-state index contributed by atoms with van der Waals surface area (Å²) in [6.07, 6.45) is 2.93. The second-order valence-corrected chi connectivity index (χ2v) is 6.36. The number of amides is 1. The lowest BCUT2D eigenvalue weighted by atomic mass is 9.88. The monoisotopic (exact) mass is 369 g/mol. The van der Waals surface area contributed by atoms with Gasteiger partial charge in [0.2, 0.25) is 0 Å². The molecular weight excluding hydrogens is 346 g/mol. The highest BCUT2D eigenvalue weighted by Crippen LogP contribution is 2.29. The fraction of sp³-hybridized carbons (Fsp3) is 0.333. The fourth-order valence-corrected chi connectivity index (χ4v) is 3.32. The minimum Gasteiger partial charge on any atom is -0.493 e.